The van der Waals surface area contributed by atoms with Crippen LogP contribution in [-0.2, 0) is 29.5 Å². The Kier molecular flexibility index (Phi) is 15.9. The number of sulfonamides is 2. The van der Waals surface area contributed by atoms with Crippen molar-refractivity contribution in [3.05, 3.63) is 111 Å². The SMILES string of the molecule is O=C(Nc1cc(Cl)c(F)c(Cl)c1)c1cc(S(=O)(=O)N2CCOCC2)c(Cl)cc1Cl.O=C(Nc1cc(F)c(F)c(F)c1Br)c1cc(S(=O)(=O)N2CCOCC2)c(Cl)cc1Cl. The van der Waals surface area contributed by atoms with Crippen LogP contribution < -0.4 is 10.6 Å². The van der Waals surface area contributed by atoms with Gasteiger partial charge in [-0.25, -0.2) is 34.4 Å². The first kappa shape index (κ1) is 47.5. The van der Waals surface area contributed by atoms with Crippen molar-refractivity contribution in [1.82, 2.24) is 8.61 Å². The fraction of sp³-hybridized carbons (Fsp3) is 0.235. The molecule has 2 aliphatic heterocycles. The van der Waals surface area contributed by atoms with E-state index < -0.39 is 65.3 Å². The van der Waals surface area contributed by atoms with Gasteiger partial charge in [0.2, 0.25) is 20.0 Å². The predicted molar refractivity (Wildman–Crippen MR) is 218 cm³/mol. The van der Waals surface area contributed by atoms with Crippen LogP contribution in [0.5, 0.6) is 0 Å². The van der Waals surface area contributed by atoms with Crippen LogP contribution in [0, 0.1) is 23.3 Å². The standard InChI is InChI=1S/C17H12BrCl2F3N2O4S.C17H13Cl4FN2O4S/c18-14-12(7-11(21)15(22)16(14)23)24-17(26)8-5-13(10(20)6-9(8)19)30(27,28)25-1-3-29-4-2-25;18-11-8-12(19)15(29(26,27)24-1-3-28-4-2-24)7-10(11)17(25)23-9-5-13(20)16(22)14(21)6-9/h5-7H,1-4H2,(H,24,26);5-8H,1-4H2,(H,23,25). The summed E-state index contributed by atoms with van der Waals surface area (Å²) in [5.41, 5.74) is -0.764. The van der Waals surface area contributed by atoms with E-state index in [9.17, 15) is 44.0 Å². The zero-order valence-corrected chi connectivity index (χ0v) is 37.1. The van der Waals surface area contributed by atoms with E-state index >= 15 is 0 Å². The van der Waals surface area contributed by atoms with E-state index in [2.05, 4.69) is 26.6 Å². The number of anilines is 2. The molecule has 0 saturated carbocycles. The van der Waals surface area contributed by atoms with Gasteiger partial charge >= 0.3 is 0 Å². The molecule has 2 amide bonds. The molecule has 4 aromatic carbocycles. The van der Waals surface area contributed by atoms with Crippen molar-refractivity contribution in [2.24, 2.45) is 0 Å². The smallest absolute Gasteiger partial charge is 0.257 e. The van der Waals surface area contributed by atoms with Crippen molar-refractivity contribution in [1.29, 1.82) is 0 Å². The van der Waals surface area contributed by atoms with Gasteiger partial charge in [0.05, 0.1) is 77.9 Å². The number of benzene rings is 4. The maximum Gasteiger partial charge on any atom is 0.257 e. The van der Waals surface area contributed by atoms with Gasteiger partial charge in [-0.2, -0.15) is 8.61 Å². The van der Waals surface area contributed by atoms with Crippen LogP contribution in [0.1, 0.15) is 20.7 Å². The van der Waals surface area contributed by atoms with Crippen LogP contribution >= 0.6 is 85.5 Å². The number of amides is 2. The average molecular weight is 1050 g/mol. The Labute approximate surface area is 372 Å². The summed E-state index contributed by atoms with van der Waals surface area (Å²) in [6.45, 7) is 1.44. The minimum atomic E-state index is -4.06. The Balaban J connectivity index is 0.000000224. The zero-order valence-electron chi connectivity index (χ0n) is 29.3. The topological polar surface area (TPSA) is 151 Å². The molecule has 25 heteroatoms. The highest BCUT2D eigenvalue weighted by atomic mass is 79.9. The second-order valence-corrected chi connectivity index (χ2v) is 19.1. The summed E-state index contributed by atoms with van der Waals surface area (Å²) in [7, 11) is -8.03. The number of carbonyl (C=O) groups is 2. The maximum atomic E-state index is 13.7. The second kappa shape index (κ2) is 19.7. The molecular weight excluding hydrogens is 1030 g/mol. The van der Waals surface area contributed by atoms with Gasteiger partial charge in [-0.1, -0.05) is 69.6 Å². The molecule has 2 heterocycles. The summed E-state index contributed by atoms with van der Waals surface area (Å²) in [5, 5.41) is 3.46. The molecule has 0 radical (unpaired) electrons. The van der Waals surface area contributed by atoms with Gasteiger partial charge in [-0.15, -0.1) is 0 Å². The zero-order chi connectivity index (χ0) is 43.6. The van der Waals surface area contributed by atoms with Gasteiger partial charge in [0, 0.05) is 37.9 Å². The van der Waals surface area contributed by atoms with Crippen LogP contribution in [0.2, 0.25) is 30.1 Å². The lowest BCUT2D eigenvalue weighted by Crippen LogP contribution is -2.40. The van der Waals surface area contributed by atoms with E-state index in [1.54, 1.807) is 0 Å². The summed E-state index contributed by atoms with van der Waals surface area (Å²) in [6, 6.07) is 7.20. The highest BCUT2D eigenvalue weighted by Crippen LogP contribution is 2.35. The number of hydrogen-bond donors (Lipinski definition) is 2. The van der Waals surface area contributed by atoms with Gasteiger partial charge in [-0.05, 0) is 52.3 Å². The molecule has 6 rings (SSSR count). The number of nitrogens with zero attached hydrogens (tertiary/aromatic N) is 2. The Morgan fingerprint density at radius 3 is 1.39 bits per heavy atom. The van der Waals surface area contributed by atoms with Crippen molar-refractivity contribution >= 4 is 129 Å². The third-order valence-electron chi connectivity index (χ3n) is 8.30. The first-order valence-electron chi connectivity index (χ1n) is 16.4. The minimum absolute atomic E-state index is 0.0623. The number of halogens is 11. The predicted octanol–water partition coefficient (Wildman–Crippen LogP) is 9.16. The summed E-state index contributed by atoms with van der Waals surface area (Å²) in [4.78, 5) is 24.7. The molecule has 2 saturated heterocycles. The maximum absolute atomic E-state index is 13.7. The lowest BCUT2D eigenvalue weighted by molar-refractivity contribution is 0.0730. The third-order valence-corrected chi connectivity index (χ3v) is 15.0. The van der Waals surface area contributed by atoms with Gasteiger partial charge in [-0.3, -0.25) is 9.59 Å². The highest BCUT2D eigenvalue weighted by molar-refractivity contribution is 9.10. The number of morpholine rings is 2. The van der Waals surface area contributed by atoms with Crippen LogP contribution in [0.4, 0.5) is 28.9 Å². The first-order valence-corrected chi connectivity index (χ1v) is 22.3. The van der Waals surface area contributed by atoms with Crippen molar-refractivity contribution < 1.29 is 53.5 Å². The van der Waals surface area contributed by atoms with Gasteiger partial charge < -0.3 is 20.1 Å². The monoisotopic (exact) mass is 1050 g/mol. The number of rotatable bonds is 8. The lowest BCUT2D eigenvalue weighted by Gasteiger charge is -2.26. The molecule has 0 aliphatic carbocycles. The molecular formula is C34H25BrCl6F4N4O8S2. The normalized spacial score (nSPS) is 15.3. The fourth-order valence-electron chi connectivity index (χ4n) is 5.33. The van der Waals surface area contributed by atoms with Crippen molar-refractivity contribution in [3.8, 4) is 0 Å². The van der Waals surface area contributed by atoms with Crippen molar-refractivity contribution in [2.75, 3.05) is 63.2 Å². The molecule has 2 N–H and O–H groups in total. The molecule has 2 fully saturated rings. The van der Waals surface area contributed by atoms with Gasteiger partial charge in [0.15, 0.2) is 23.3 Å². The molecule has 4 aromatic rings. The fourth-order valence-corrected chi connectivity index (χ4v) is 10.7. The van der Waals surface area contributed by atoms with E-state index in [0.717, 1.165) is 34.6 Å². The first-order chi connectivity index (χ1) is 27.6. The van der Waals surface area contributed by atoms with Crippen molar-refractivity contribution in [2.45, 2.75) is 9.79 Å². The Morgan fingerprint density at radius 2 is 0.966 bits per heavy atom. The summed E-state index contributed by atoms with van der Waals surface area (Å²) in [6.07, 6.45) is 0. The quantitative estimate of drug-likeness (QED) is 0.101. The summed E-state index contributed by atoms with van der Waals surface area (Å²) < 4.78 is 118. The number of nitrogens with one attached hydrogen (secondary N) is 2. The molecule has 2 aliphatic rings. The average Bonchev–Trinajstić information content (AvgIpc) is 3.18. The molecule has 318 valence electrons. The Hall–Kier alpha value is -2.50. The molecule has 0 bridgehead atoms. The molecule has 0 aromatic heterocycles. The van der Waals surface area contributed by atoms with E-state index in [4.69, 9.17) is 79.1 Å². The number of carbonyl (C=O) groups excluding carboxylic acids is 2. The van der Waals surface area contributed by atoms with Crippen molar-refractivity contribution in [3.63, 3.8) is 0 Å². The van der Waals surface area contributed by atoms with Crippen LogP contribution in [0.3, 0.4) is 0 Å². The molecule has 0 spiro atoms. The van der Waals surface area contributed by atoms with E-state index in [1.165, 1.54) is 10.4 Å². The van der Waals surface area contributed by atoms with Crippen LogP contribution in [-0.4, -0.2) is 89.9 Å². The minimum Gasteiger partial charge on any atom is -0.379 e. The van der Waals surface area contributed by atoms with Crippen LogP contribution in [0.25, 0.3) is 0 Å². The third kappa shape index (κ3) is 10.8. The lowest BCUT2D eigenvalue weighted by atomic mass is 10.2. The molecule has 0 unspecified atom stereocenters. The number of ether oxygens (including phenoxy) is 2. The summed E-state index contributed by atoms with van der Waals surface area (Å²) >= 11 is 38.5. The Bertz CT molecular complexity index is 2530. The molecule has 59 heavy (non-hydrogen) atoms. The molecule has 0 atom stereocenters. The largest absolute Gasteiger partial charge is 0.379 e. The van der Waals surface area contributed by atoms with Gasteiger partial charge in [0.25, 0.3) is 11.8 Å². The van der Waals surface area contributed by atoms with E-state index in [1.807, 2.05) is 0 Å². The molecule has 12 nitrogen and oxygen atoms in total. The van der Waals surface area contributed by atoms with Crippen LogP contribution in [0.15, 0.2) is 56.7 Å². The number of hydrogen-bond acceptors (Lipinski definition) is 8. The van der Waals surface area contributed by atoms with E-state index in [0.29, 0.717) is 6.07 Å². The van der Waals surface area contributed by atoms with Gasteiger partial charge in [0.1, 0.15) is 9.79 Å². The Morgan fingerprint density at radius 1 is 0.559 bits per heavy atom. The highest BCUT2D eigenvalue weighted by Gasteiger charge is 2.32. The van der Waals surface area contributed by atoms with E-state index in [-0.39, 0.29) is 109 Å². The second-order valence-electron chi connectivity index (χ2n) is 12.1. The summed E-state index contributed by atoms with van der Waals surface area (Å²) in [5.74, 6) is -7.34.